The Labute approximate surface area is 216 Å². The van der Waals surface area contributed by atoms with E-state index in [0.29, 0.717) is 29.3 Å². The van der Waals surface area contributed by atoms with Crippen LogP contribution in [0.2, 0.25) is 0 Å². The van der Waals surface area contributed by atoms with E-state index < -0.39 is 16.9 Å². The van der Waals surface area contributed by atoms with Gasteiger partial charge in [-0.2, -0.15) is 0 Å². The maximum Gasteiger partial charge on any atom is 0.326 e. The Morgan fingerprint density at radius 1 is 1.06 bits per heavy atom. The maximum atomic E-state index is 12.3. The molecule has 0 saturated heterocycles. The molecule has 2 aromatic carbocycles. The number of nitro benzene ring substituents is 1. The minimum atomic E-state index is -1.12. The van der Waals surface area contributed by atoms with E-state index in [0.717, 1.165) is 25.7 Å². The summed E-state index contributed by atoms with van der Waals surface area (Å²) in [4.78, 5) is 44.7. The second-order valence-corrected chi connectivity index (χ2v) is 8.66. The fourth-order valence-corrected chi connectivity index (χ4v) is 3.86. The highest BCUT2D eigenvalue weighted by molar-refractivity contribution is 5.94. The number of nitro groups is 1. The summed E-state index contributed by atoms with van der Waals surface area (Å²) >= 11 is 0. The number of amides is 1. The maximum absolute atomic E-state index is 12.3. The van der Waals surface area contributed by atoms with Crippen molar-refractivity contribution in [1.29, 1.82) is 0 Å². The van der Waals surface area contributed by atoms with Crippen LogP contribution in [0.25, 0.3) is 0 Å². The van der Waals surface area contributed by atoms with Crippen LogP contribution in [0.15, 0.2) is 48.5 Å². The molecule has 0 heterocycles. The first-order valence-electron chi connectivity index (χ1n) is 11.4. The normalized spacial score (nSPS) is 17.4. The number of nitrogens with two attached hydrogens (primary N) is 2. The summed E-state index contributed by atoms with van der Waals surface area (Å²) in [5.41, 5.74) is 13.0. The minimum absolute atomic E-state index is 0. The van der Waals surface area contributed by atoms with Crippen LogP contribution in [0.4, 0.5) is 11.4 Å². The molecule has 10 nitrogen and oxygen atoms in total. The van der Waals surface area contributed by atoms with Gasteiger partial charge in [-0.25, -0.2) is 4.79 Å². The first kappa shape index (κ1) is 30.5. The van der Waals surface area contributed by atoms with Gasteiger partial charge in [0.05, 0.1) is 4.92 Å². The van der Waals surface area contributed by atoms with Crippen LogP contribution >= 0.6 is 12.4 Å². The average molecular weight is 521 g/mol. The summed E-state index contributed by atoms with van der Waals surface area (Å²) in [7, 11) is 0. The number of carboxylic acid groups (broad SMARTS) is 1. The Kier molecular flexibility index (Phi) is 12.5. The van der Waals surface area contributed by atoms with Gasteiger partial charge in [0.1, 0.15) is 6.04 Å². The SMILES string of the molecule is CC(=O)c1ccc(N)cc1.Cl.NC[C@H]1CC[C@H](C(=O)N[C@@H](Cc2ccc([N+](=O)[O-])cc2)C(=O)O)CC1. The Balaban J connectivity index is 0.000000495. The number of aliphatic carboxylic acids is 1. The summed E-state index contributed by atoms with van der Waals surface area (Å²) in [6.07, 6.45) is 3.29. The van der Waals surface area contributed by atoms with Crippen molar-refractivity contribution < 1.29 is 24.4 Å². The van der Waals surface area contributed by atoms with Crippen LogP contribution in [0.3, 0.4) is 0 Å². The van der Waals surface area contributed by atoms with Gasteiger partial charge < -0.3 is 21.9 Å². The largest absolute Gasteiger partial charge is 0.480 e. The lowest BCUT2D eigenvalue weighted by Gasteiger charge is -2.27. The molecule has 0 radical (unpaired) electrons. The highest BCUT2D eigenvalue weighted by Gasteiger charge is 2.29. The number of carbonyl (C=O) groups is 3. The number of benzene rings is 2. The first-order valence-corrected chi connectivity index (χ1v) is 11.4. The molecule has 1 aliphatic rings. The van der Waals surface area contributed by atoms with Crippen molar-refractivity contribution in [1.82, 2.24) is 5.32 Å². The fraction of sp³-hybridized carbons (Fsp3) is 0.400. The Bertz CT molecular complexity index is 1020. The number of nitrogens with zero attached hydrogens (tertiary/aromatic N) is 1. The molecule has 0 bridgehead atoms. The van der Waals surface area contributed by atoms with Crippen LogP contribution in [-0.2, 0) is 16.0 Å². The molecule has 1 amide bonds. The highest BCUT2D eigenvalue weighted by atomic mass is 35.5. The second-order valence-electron chi connectivity index (χ2n) is 8.66. The molecule has 1 atom stereocenters. The standard InChI is InChI=1S/C17H23N3O5.C8H9NO.ClH/c18-10-12-1-5-13(6-2-12)16(21)19-15(17(22)23)9-11-3-7-14(8-4-11)20(24)25;1-6(10)7-2-4-8(9)5-3-7;/h3-4,7-8,12-13,15H,1-2,5-6,9-10,18H2,(H,19,21)(H,22,23);2-5H,9H2,1H3;1H/t12-,13-,15-;;/m0../s1. The predicted octanol–water partition coefficient (Wildman–Crippen LogP) is 3.37. The Hall–Kier alpha value is -3.50. The van der Waals surface area contributed by atoms with Crippen LogP contribution < -0.4 is 16.8 Å². The lowest BCUT2D eigenvalue weighted by Crippen LogP contribution is -2.45. The van der Waals surface area contributed by atoms with Gasteiger partial charge in [0.15, 0.2) is 5.78 Å². The number of hydrogen-bond donors (Lipinski definition) is 4. The van der Waals surface area contributed by atoms with Gasteiger partial charge in [0.25, 0.3) is 5.69 Å². The number of non-ortho nitro benzene ring substituents is 1. The van der Waals surface area contributed by atoms with Crippen molar-refractivity contribution in [2.75, 3.05) is 12.3 Å². The molecule has 196 valence electrons. The molecule has 0 spiro atoms. The van der Waals surface area contributed by atoms with Gasteiger partial charge in [0.2, 0.25) is 5.91 Å². The smallest absolute Gasteiger partial charge is 0.326 e. The number of nitrogen functional groups attached to an aromatic ring is 1. The van der Waals surface area contributed by atoms with Gasteiger partial charge >= 0.3 is 5.97 Å². The third-order valence-electron chi connectivity index (χ3n) is 6.07. The number of rotatable bonds is 8. The molecule has 11 heteroatoms. The summed E-state index contributed by atoms with van der Waals surface area (Å²) in [5.74, 6) is -1.03. The molecular weight excluding hydrogens is 488 g/mol. The summed E-state index contributed by atoms with van der Waals surface area (Å²) in [6.45, 7) is 2.15. The zero-order valence-electron chi connectivity index (χ0n) is 20.1. The predicted molar refractivity (Wildman–Crippen MR) is 139 cm³/mol. The van der Waals surface area contributed by atoms with Gasteiger partial charge in [-0.05, 0) is 74.9 Å². The van der Waals surface area contributed by atoms with E-state index in [2.05, 4.69) is 5.32 Å². The van der Waals surface area contributed by atoms with Gasteiger partial charge in [-0.1, -0.05) is 12.1 Å². The van der Waals surface area contributed by atoms with Crippen LogP contribution in [0.1, 0.15) is 48.5 Å². The van der Waals surface area contributed by atoms with Crippen LogP contribution in [-0.4, -0.2) is 40.3 Å². The van der Waals surface area contributed by atoms with Crippen LogP contribution in [0.5, 0.6) is 0 Å². The van der Waals surface area contributed by atoms with Crippen molar-refractivity contribution in [3.63, 3.8) is 0 Å². The van der Waals surface area contributed by atoms with Crippen molar-refractivity contribution in [3.8, 4) is 0 Å². The molecule has 0 aromatic heterocycles. The van der Waals surface area contributed by atoms with E-state index in [9.17, 15) is 29.6 Å². The lowest BCUT2D eigenvalue weighted by molar-refractivity contribution is -0.384. The van der Waals surface area contributed by atoms with E-state index in [1.54, 1.807) is 24.3 Å². The van der Waals surface area contributed by atoms with Gasteiger partial charge in [-0.15, -0.1) is 12.4 Å². The number of halogens is 1. The van der Waals surface area contributed by atoms with Gasteiger partial charge in [0, 0.05) is 35.7 Å². The van der Waals surface area contributed by atoms with E-state index in [4.69, 9.17) is 11.5 Å². The molecule has 36 heavy (non-hydrogen) atoms. The van der Waals surface area contributed by atoms with E-state index >= 15 is 0 Å². The number of nitrogens with one attached hydrogen (secondary N) is 1. The van der Waals surface area contributed by atoms with Crippen LogP contribution in [0, 0.1) is 22.0 Å². The molecule has 3 rings (SSSR count). The molecule has 1 saturated carbocycles. The fourth-order valence-electron chi connectivity index (χ4n) is 3.86. The Morgan fingerprint density at radius 3 is 2.06 bits per heavy atom. The average Bonchev–Trinajstić information content (AvgIpc) is 2.84. The Morgan fingerprint density at radius 2 is 1.61 bits per heavy atom. The zero-order chi connectivity index (χ0) is 26.0. The summed E-state index contributed by atoms with van der Waals surface area (Å²) < 4.78 is 0. The van der Waals surface area contributed by atoms with E-state index in [-0.39, 0.29) is 42.1 Å². The number of carbonyl (C=O) groups excluding carboxylic acids is 2. The van der Waals surface area contributed by atoms with Crippen molar-refractivity contribution in [2.45, 2.75) is 45.1 Å². The third kappa shape index (κ3) is 9.63. The molecule has 2 aromatic rings. The molecule has 1 fully saturated rings. The zero-order valence-corrected chi connectivity index (χ0v) is 20.9. The highest BCUT2D eigenvalue weighted by Crippen LogP contribution is 2.28. The van der Waals surface area contributed by atoms with Crippen molar-refractivity contribution in [3.05, 3.63) is 69.8 Å². The molecule has 0 unspecified atom stereocenters. The monoisotopic (exact) mass is 520 g/mol. The molecular formula is C25H33ClN4O6. The van der Waals surface area contributed by atoms with Crippen molar-refractivity contribution in [2.24, 2.45) is 17.6 Å². The third-order valence-corrected chi connectivity index (χ3v) is 6.07. The molecule has 6 N–H and O–H groups in total. The quantitative estimate of drug-likeness (QED) is 0.177. The molecule has 0 aliphatic heterocycles. The number of carboxylic acids is 1. The lowest BCUT2D eigenvalue weighted by atomic mass is 9.81. The number of ketones is 1. The first-order chi connectivity index (χ1) is 16.6. The second kappa shape index (κ2) is 14.8. The summed E-state index contributed by atoms with van der Waals surface area (Å²) in [6, 6.07) is 11.5. The summed E-state index contributed by atoms with van der Waals surface area (Å²) in [5, 5.41) is 22.6. The van der Waals surface area contributed by atoms with Gasteiger partial charge in [-0.3, -0.25) is 19.7 Å². The van der Waals surface area contributed by atoms with Crippen molar-refractivity contribution >= 4 is 41.4 Å². The topological polar surface area (TPSA) is 179 Å². The van der Waals surface area contributed by atoms with E-state index in [1.807, 2.05) is 0 Å². The number of Topliss-reactive ketones (excluding diaryl/α,β-unsaturated/α-hetero) is 1. The van der Waals surface area contributed by atoms with E-state index in [1.165, 1.54) is 31.2 Å². The molecule has 1 aliphatic carbocycles. The minimum Gasteiger partial charge on any atom is -0.480 e. The number of anilines is 1. The number of hydrogen-bond acceptors (Lipinski definition) is 7.